The highest BCUT2D eigenvalue weighted by molar-refractivity contribution is 6.31. The second-order valence-corrected chi connectivity index (χ2v) is 8.41. The van der Waals surface area contributed by atoms with E-state index in [4.69, 9.17) is 16.6 Å². The van der Waals surface area contributed by atoms with E-state index in [9.17, 15) is 9.90 Å². The third-order valence-electron chi connectivity index (χ3n) is 5.87. The minimum absolute atomic E-state index is 0.266. The predicted molar refractivity (Wildman–Crippen MR) is 133 cm³/mol. The molecule has 0 fully saturated rings. The molecule has 1 N–H and O–H groups in total. The number of aryl methyl sites for hydroxylation is 1. The zero-order valence-corrected chi connectivity index (χ0v) is 18.8. The highest BCUT2D eigenvalue weighted by Gasteiger charge is 2.13. The molecule has 162 valence electrons. The van der Waals surface area contributed by atoms with Gasteiger partial charge in [-0.3, -0.25) is 0 Å². The fourth-order valence-electron chi connectivity index (χ4n) is 4.11. The lowest BCUT2D eigenvalue weighted by Crippen LogP contribution is -2.03. The smallest absolute Gasteiger partial charge is 0.335 e. The van der Waals surface area contributed by atoms with Gasteiger partial charge in [-0.2, -0.15) is 0 Å². The van der Waals surface area contributed by atoms with Crippen LogP contribution in [0.25, 0.3) is 33.3 Å². The van der Waals surface area contributed by atoms with E-state index >= 15 is 0 Å². The van der Waals surface area contributed by atoms with Crippen molar-refractivity contribution in [2.75, 3.05) is 0 Å². The summed E-state index contributed by atoms with van der Waals surface area (Å²) in [6.45, 7) is 2.58. The molecule has 0 atom stereocenters. The summed E-state index contributed by atoms with van der Waals surface area (Å²) in [5.41, 5.74) is 7.15. The lowest BCUT2D eigenvalue weighted by atomic mass is 10.0. The number of carboxylic acids is 1. The number of hydrogen-bond donors (Lipinski definition) is 1. The summed E-state index contributed by atoms with van der Waals surface area (Å²) < 4.78 is 2.14. The molecule has 4 aromatic carbocycles. The highest BCUT2D eigenvalue weighted by Crippen LogP contribution is 2.29. The molecule has 0 aliphatic carbocycles. The molecule has 0 aliphatic heterocycles. The molecule has 5 heteroatoms. The van der Waals surface area contributed by atoms with Crippen LogP contribution in [-0.4, -0.2) is 20.6 Å². The van der Waals surface area contributed by atoms with E-state index < -0.39 is 5.97 Å². The van der Waals surface area contributed by atoms with Crippen molar-refractivity contribution in [3.05, 3.63) is 113 Å². The molecule has 4 nitrogen and oxygen atoms in total. The van der Waals surface area contributed by atoms with Crippen molar-refractivity contribution in [1.82, 2.24) is 9.55 Å². The Hall–Kier alpha value is -3.89. The molecule has 33 heavy (non-hydrogen) atoms. The van der Waals surface area contributed by atoms with Crippen LogP contribution in [0.4, 0.5) is 0 Å². The number of aromatic carboxylic acids is 1. The Labute approximate surface area is 196 Å². The van der Waals surface area contributed by atoms with E-state index in [1.54, 1.807) is 18.2 Å². The topological polar surface area (TPSA) is 55.1 Å². The molecule has 0 amide bonds. The number of fused-ring (bicyclic) bond motifs is 1. The molecule has 0 bridgehead atoms. The van der Waals surface area contributed by atoms with Crippen LogP contribution in [0.15, 0.2) is 91.0 Å². The fourth-order valence-corrected chi connectivity index (χ4v) is 4.35. The van der Waals surface area contributed by atoms with E-state index in [1.807, 2.05) is 49.4 Å². The van der Waals surface area contributed by atoms with E-state index in [2.05, 4.69) is 34.9 Å². The summed E-state index contributed by atoms with van der Waals surface area (Å²) >= 11 is 6.68. The van der Waals surface area contributed by atoms with E-state index in [0.717, 1.165) is 44.7 Å². The first-order chi connectivity index (χ1) is 16.0. The standard InChI is InChI=1S/C28H21ClN2O2/c1-18-30-26-13-12-22(20-8-5-9-23(14-20)28(32)33)16-27(26)31(18)17-24-11-10-21(15-25(24)29)19-6-3-2-4-7-19/h2-16H,17H2,1H3,(H,32,33). The molecular formula is C28H21ClN2O2. The van der Waals surface area contributed by atoms with Crippen LogP contribution < -0.4 is 0 Å². The highest BCUT2D eigenvalue weighted by atomic mass is 35.5. The Morgan fingerprint density at radius 3 is 2.30 bits per heavy atom. The number of aromatic nitrogens is 2. The second kappa shape index (κ2) is 8.57. The van der Waals surface area contributed by atoms with Gasteiger partial charge < -0.3 is 9.67 Å². The Morgan fingerprint density at radius 2 is 1.55 bits per heavy atom. The summed E-state index contributed by atoms with van der Waals surface area (Å²) in [4.78, 5) is 16.1. The quantitative estimate of drug-likeness (QED) is 0.310. The van der Waals surface area contributed by atoms with Gasteiger partial charge in [0.1, 0.15) is 5.82 Å². The van der Waals surface area contributed by atoms with Crippen LogP contribution in [-0.2, 0) is 6.54 Å². The summed E-state index contributed by atoms with van der Waals surface area (Å²) in [5.74, 6) is -0.0444. The van der Waals surface area contributed by atoms with Crippen molar-refractivity contribution in [2.45, 2.75) is 13.5 Å². The maximum atomic E-state index is 11.4. The van der Waals surface area contributed by atoms with Crippen molar-refractivity contribution in [1.29, 1.82) is 0 Å². The minimum atomic E-state index is -0.938. The van der Waals surface area contributed by atoms with Crippen molar-refractivity contribution in [3.63, 3.8) is 0 Å². The van der Waals surface area contributed by atoms with Crippen LogP contribution in [0.5, 0.6) is 0 Å². The van der Waals surface area contributed by atoms with Gasteiger partial charge in [0.25, 0.3) is 0 Å². The van der Waals surface area contributed by atoms with E-state index in [0.29, 0.717) is 11.6 Å². The van der Waals surface area contributed by atoms with Crippen molar-refractivity contribution < 1.29 is 9.90 Å². The van der Waals surface area contributed by atoms with Gasteiger partial charge in [-0.15, -0.1) is 0 Å². The lowest BCUT2D eigenvalue weighted by Gasteiger charge is -2.11. The Balaban J connectivity index is 1.52. The van der Waals surface area contributed by atoms with E-state index in [-0.39, 0.29) is 5.56 Å². The number of rotatable bonds is 5. The van der Waals surface area contributed by atoms with Crippen molar-refractivity contribution in [3.8, 4) is 22.3 Å². The van der Waals surface area contributed by atoms with Gasteiger partial charge in [0.15, 0.2) is 0 Å². The molecule has 5 rings (SSSR count). The minimum Gasteiger partial charge on any atom is -0.478 e. The van der Waals surface area contributed by atoms with Crippen molar-refractivity contribution in [2.24, 2.45) is 0 Å². The largest absolute Gasteiger partial charge is 0.478 e. The zero-order chi connectivity index (χ0) is 22.9. The molecule has 0 saturated heterocycles. The van der Waals surface area contributed by atoms with Gasteiger partial charge >= 0.3 is 5.97 Å². The Morgan fingerprint density at radius 1 is 0.848 bits per heavy atom. The number of benzene rings is 4. The number of halogens is 1. The molecule has 0 saturated carbocycles. The first-order valence-corrected chi connectivity index (χ1v) is 11.0. The first kappa shape index (κ1) is 21.0. The predicted octanol–water partition coefficient (Wildman–Crippen LogP) is 7.08. The number of carboxylic acid groups (broad SMARTS) is 1. The zero-order valence-electron chi connectivity index (χ0n) is 18.0. The van der Waals surface area contributed by atoms with Gasteiger partial charge in [-0.25, -0.2) is 9.78 Å². The number of nitrogens with zero attached hydrogens (tertiary/aromatic N) is 2. The number of imidazole rings is 1. The van der Waals surface area contributed by atoms with Crippen molar-refractivity contribution >= 4 is 28.6 Å². The Bertz CT molecular complexity index is 1490. The number of carbonyl (C=O) groups is 1. The SMILES string of the molecule is Cc1nc2ccc(-c3cccc(C(=O)O)c3)cc2n1Cc1ccc(-c2ccccc2)cc1Cl. The summed E-state index contributed by atoms with van der Waals surface area (Å²) in [6.07, 6.45) is 0. The summed E-state index contributed by atoms with van der Waals surface area (Å²) in [5, 5.41) is 10.0. The molecule has 0 spiro atoms. The molecule has 0 unspecified atom stereocenters. The van der Waals surface area contributed by atoms with Gasteiger partial charge in [0.05, 0.1) is 23.1 Å². The third kappa shape index (κ3) is 4.13. The molecular weight excluding hydrogens is 432 g/mol. The first-order valence-electron chi connectivity index (χ1n) is 10.6. The van der Waals surface area contributed by atoms with Gasteiger partial charge in [-0.1, -0.05) is 72.3 Å². The van der Waals surface area contributed by atoms with Crippen LogP contribution in [0.3, 0.4) is 0 Å². The molecule has 0 radical (unpaired) electrons. The average Bonchev–Trinajstić information content (AvgIpc) is 3.15. The lowest BCUT2D eigenvalue weighted by molar-refractivity contribution is 0.0697. The van der Waals surface area contributed by atoms with Gasteiger partial charge in [0.2, 0.25) is 0 Å². The number of hydrogen-bond acceptors (Lipinski definition) is 2. The average molecular weight is 453 g/mol. The third-order valence-corrected chi connectivity index (χ3v) is 6.22. The van der Waals surface area contributed by atoms with E-state index in [1.165, 1.54) is 0 Å². The van der Waals surface area contributed by atoms with Gasteiger partial charge in [-0.05, 0) is 65.1 Å². The van der Waals surface area contributed by atoms with Crippen LogP contribution in [0.1, 0.15) is 21.7 Å². The maximum Gasteiger partial charge on any atom is 0.335 e. The van der Waals surface area contributed by atoms with Crippen LogP contribution >= 0.6 is 11.6 Å². The maximum absolute atomic E-state index is 11.4. The molecule has 1 aromatic heterocycles. The summed E-state index contributed by atoms with van der Waals surface area (Å²) in [6, 6.07) is 29.3. The monoisotopic (exact) mass is 452 g/mol. The molecule has 5 aromatic rings. The Kier molecular flexibility index (Phi) is 5.45. The summed E-state index contributed by atoms with van der Waals surface area (Å²) in [7, 11) is 0. The second-order valence-electron chi connectivity index (χ2n) is 8.01. The van der Waals surface area contributed by atoms with Gasteiger partial charge in [0, 0.05) is 5.02 Å². The van der Waals surface area contributed by atoms with Crippen LogP contribution in [0, 0.1) is 6.92 Å². The fraction of sp³-hybridized carbons (Fsp3) is 0.0714. The van der Waals surface area contributed by atoms with Crippen LogP contribution in [0.2, 0.25) is 5.02 Å². The normalized spacial score (nSPS) is 11.1. The molecule has 0 aliphatic rings. The molecule has 1 heterocycles.